The van der Waals surface area contributed by atoms with Gasteiger partial charge >= 0.3 is 0 Å². The van der Waals surface area contributed by atoms with Gasteiger partial charge in [-0.3, -0.25) is 4.79 Å². The molecule has 0 unspecified atom stereocenters. The molecule has 4 rings (SSSR count). The Morgan fingerprint density at radius 2 is 1.69 bits per heavy atom. The van der Waals surface area contributed by atoms with Gasteiger partial charge in [-0.05, 0) is 60.6 Å². The summed E-state index contributed by atoms with van der Waals surface area (Å²) in [5, 5.41) is 3.06. The number of rotatable bonds is 12. The van der Waals surface area contributed by atoms with Crippen molar-refractivity contribution < 1.29 is 9.53 Å². The third kappa shape index (κ3) is 6.95. The van der Waals surface area contributed by atoms with Gasteiger partial charge in [-0.25, -0.2) is 4.98 Å². The van der Waals surface area contributed by atoms with Crippen LogP contribution in [0.4, 0.5) is 0 Å². The summed E-state index contributed by atoms with van der Waals surface area (Å²) in [4.78, 5) is 17.2. The molecule has 35 heavy (non-hydrogen) atoms. The van der Waals surface area contributed by atoms with E-state index >= 15 is 0 Å². The summed E-state index contributed by atoms with van der Waals surface area (Å²) in [6.07, 6.45) is 3.13. The predicted octanol–water partition coefficient (Wildman–Crippen LogP) is 6.27. The van der Waals surface area contributed by atoms with Crippen LogP contribution in [0.5, 0.6) is 5.75 Å². The van der Waals surface area contributed by atoms with E-state index in [1.807, 2.05) is 36.4 Å². The van der Waals surface area contributed by atoms with E-state index in [-0.39, 0.29) is 5.91 Å². The number of nitrogens with one attached hydrogen (secondary N) is 1. The van der Waals surface area contributed by atoms with Crippen LogP contribution in [0.1, 0.15) is 56.0 Å². The van der Waals surface area contributed by atoms with E-state index in [0.29, 0.717) is 25.5 Å². The Morgan fingerprint density at radius 1 is 0.943 bits per heavy atom. The van der Waals surface area contributed by atoms with Gasteiger partial charge in [0, 0.05) is 13.0 Å². The molecule has 4 aromatic rings. The number of para-hydroxylation sites is 2. The minimum absolute atomic E-state index is 0.0457. The van der Waals surface area contributed by atoms with Crippen molar-refractivity contribution in [3.63, 3.8) is 0 Å². The highest BCUT2D eigenvalue weighted by molar-refractivity contribution is 5.77. The van der Waals surface area contributed by atoms with E-state index in [1.165, 1.54) is 11.1 Å². The quantitative estimate of drug-likeness (QED) is 0.249. The van der Waals surface area contributed by atoms with Crippen molar-refractivity contribution >= 4 is 16.9 Å². The Morgan fingerprint density at radius 3 is 2.46 bits per heavy atom. The highest BCUT2D eigenvalue weighted by atomic mass is 16.5. The Hall–Kier alpha value is -3.60. The molecule has 0 radical (unpaired) electrons. The number of aromatic nitrogens is 2. The van der Waals surface area contributed by atoms with Gasteiger partial charge in [0.1, 0.15) is 11.6 Å². The van der Waals surface area contributed by atoms with Gasteiger partial charge in [0.2, 0.25) is 5.91 Å². The largest absolute Gasteiger partial charge is 0.494 e. The van der Waals surface area contributed by atoms with Gasteiger partial charge in [-0.2, -0.15) is 0 Å². The van der Waals surface area contributed by atoms with Crippen molar-refractivity contribution in [3.05, 3.63) is 95.8 Å². The lowest BCUT2D eigenvalue weighted by atomic mass is 10.0. The number of carbonyl (C=O) groups is 1. The van der Waals surface area contributed by atoms with Gasteiger partial charge in [0.15, 0.2) is 0 Å². The fourth-order valence-electron chi connectivity index (χ4n) is 4.19. The molecule has 0 aliphatic heterocycles. The summed E-state index contributed by atoms with van der Waals surface area (Å²) in [5.41, 5.74) is 4.56. The van der Waals surface area contributed by atoms with Crippen molar-refractivity contribution in [3.8, 4) is 5.75 Å². The monoisotopic (exact) mass is 469 g/mol. The zero-order valence-corrected chi connectivity index (χ0v) is 20.7. The van der Waals surface area contributed by atoms with E-state index in [2.05, 4.69) is 66.2 Å². The molecule has 5 heteroatoms. The van der Waals surface area contributed by atoms with E-state index in [4.69, 9.17) is 9.72 Å². The van der Waals surface area contributed by atoms with E-state index in [1.54, 1.807) is 0 Å². The molecule has 0 aliphatic rings. The van der Waals surface area contributed by atoms with Crippen LogP contribution < -0.4 is 10.1 Å². The molecule has 1 aromatic heterocycles. The highest BCUT2D eigenvalue weighted by Crippen LogP contribution is 2.20. The molecule has 5 nitrogen and oxygen atoms in total. The van der Waals surface area contributed by atoms with Gasteiger partial charge in [0.05, 0.1) is 24.2 Å². The molecular weight excluding hydrogens is 434 g/mol. The van der Waals surface area contributed by atoms with Crippen molar-refractivity contribution in [2.45, 2.75) is 58.5 Å². The maximum atomic E-state index is 12.4. The number of carbonyl (C=O) groups excluding carboxylic acids is 1. The molecule has 0 bridgehead atoms. The average molecular weight is 470 g/mol. The number of benzene rings is 3. The lowest BCUT2D eigenvalue weighted by molar-refractivity contribution is -0.121. The molecule has 0 fully saturated rings. The fraction of sp³-hybridized carbons (Fsp3) is 0.333. The summed E-state index contributed by atoms with van der Waals surface area (Å²) in [6, 6.07) is 26.6. The average Bonchev–Trinajstić information content (AvgIpc) is 3.24. The van der Waals surface area contributed by atoms with Gasteiger partial charge < -0.3 is 14.6 Å². The topological polar surface area (TPSA) is 56.1 Å². The van der Waals surface area contributed by atoms with Crippen molar-refractivity contribution in [2.75, 3.05) is 6.61 Å². The number of hydrogen-bond acceptors (Lipinski definition) is 3. The number of unbranched alkanes of at least 4 members (excludes halogenated alkanes) is 1. The molecule has 0 aliphatic carbocycles. The third-order valence-corrected chi connectivity index (χ3v) is 6.25. The molecule has 1 heterocycles. The molecule has 0 spiro atoms. The third-order valence-electron chi connectivity index (χ3n) is 6.25. The molecule has 3 aromatic carbocycles. The van der Waals surface area contributed by atoms with E-state index in [0.717, 1.165) is 48.4 Å². The summed E-state index contributed by atoms with van der Waals surface area (Å²) >= 11 is 0. The van der Waals surface area contributed by atoms with Crippen molar-refractivity contribution in [1.82, 2.24) is 14.9 Å². The summed E-state index contributed by atoms with van der Waals surface area (Å²) < 4.78 is 8.16. The van der Waals surface area contributed by atoms with E-state index < -0.39 is 0 Å². The predicted molar refractivity (Wildman–Crippen MR) is 142 cm³/mol. The van der Waals surface area contributed by atoms with Crippen LogP contribution in [0.2, 0.25) is 0 Å². The summed E-state index contributed by atoms with van der Waals surface area (Å²) in [6.45, 7) is 6.34. The fourth-order valence-corrected chi connectivity index (χ4v) is 4.19. The first-order chi connectivity index (χ1) is 17.1. The second-order valence-electron chi connectivity index (χ2n) is 9.21. The summed E-state index contributed by atoms with van der Waals surface area (Å²) in [5.74, 6) is 2.38. The van der Waals surface area contributed by atoms with Crippen LogP contribution in [0.25, 0.3) is 11.0 Å². The number of imidazole rings is 1. The molecule has 0 saturated carbocycles. The maximum Gasteiger partial charge on any atom is 0.220 e. The van der Waals surface area contributed by atoms with Gasteiger partial charge in [-0.1, -0.05) is 68.4 Å². The van der Waals surface area contributed by atoms with Gasteiger partial charge in [0.25, 0.3) is 0 Å². The first-order valence-corrected chi connectivity index (χ1v) is 12.6. The van der Waals surface area contributed by atoms with E-state index in [9.17, 15) is 4.79 Å². The second kappa shape index (κ2) is 12.2. The molecular formula is C30H35N3O2. The Bertz CT molecular complexity index is 1210. The molecule has 182 valence electrons. The highest BCUT2D eigenvalue weighted by Gasteiger charge is 2.12. The van der Waals surface area contributed by atoms with Crippen molar-refractivity contribution in [1.29, 1.82) is 0 Å². The summed E-state index contributed by atoms with van der Waals surface area (Å²) in [7, 11) is 0. The number of nitrogens with zero attached hydrogens (tertiary/aromatic N) is 2. The number of fused-ring (bicyclic) bond motifs is 1. The molecule has 1 amide bonds. The smallest absolute Gasteiger partial charge is 0.220 e. The molecule has 0 saturated heterocycles. The van der Waals surface area contributed by atoms with Crippen LogP contribution >= 0.6 is 0 Å². The maximum absolute atomic E-state index is 12.4. The molecule has 0 atom stereocenters. The van der Waals surface area contributed by atoms with Crippen LogP contribution in [0.3, 0.4) is 0 Å². The Labute approximate surface area is 208 Å². The lowest BCUT2D eigenvalue weighted by Crippen LogP contribution is -2.25. The number of amides is 1. The lowest BCUT2D eigenvalue weighted by Gasteiger charge is -2.11. The Kier molecular flexibility index (Phi) is 8.55. The van der Waals surface area contributed by atoms with Crippen LogP contribution in [-0.4, -0.2) is 22.1 Å². The van der Waals surface area contributed by atoms with Crippen molar-refractivity contribution in [2.24, 2.45) is 0 Å². The standard InChI is InChI=1S/C30H35N3O2/c1-23(2)25-15-17-26(18-16-25)35-21-9-8-20-33-28-13-7-6-12-27(28)32-29(33)22-31-30(34)19-14-24-10-4-3-5-11-24/h3-7,10-13,15-18,23H,8-9,14,19-22H2,1-2H3,(H,31,34). The Balaban J connectivity index is 1.28. The normalized spacial score (nSPS) is 11.2. The number of aryl methyl sites for hydroxylation is 2. The number of ether oxygens (including phenoxy) is 1. The zero-order chi connectivity index (χ0) is 24.5. The van der Waals surface area contributed by atoms with Crippen LogP contribution in [0, 0.1) is 0 Å². The first kappa shape index (κ1) is 24.5. The van der Waals surface area contributed by atoms with Gasteiger partial charge in [-0.15, -0.1) is 0 Å². The zero-order valence-electron chi connectivity index (χ0n) is 20.7. The SMILES string of the molecule is CC(C)c1ccc(OCCCCn2c(CNC(=O)CCc3ccccc3)nc3ccccc32)cc1. The second-order valence-corrected chi connectivity index (χ2v) is 9.21. The minimum atomic E-state index is 0.0457. The minimum Gasteiger partial charge on any atom is -0.494 e. The molecule has 1 N–H and O–H groups in total. The first-order valence-electron chi connectivity index (χ1n) is 12.6. The number of hydrogen-bond donors (Lipinski definition) is 1. The van der Waals surface area contributed by atoms with Crippen LogP contribution in [0.15, 0.2) is 78.9 Å². The van der Waals surface area contributed by atoms with Crippen LogP contribution in [-0.2, 0) is 24.3 Å².